The predicted octanol–water partition coefficient (Wildman–Crippen LogP) is 3.13. The van der Waals surface area contributed by atoms with Crippen LogP contribution in [0.3, 0.4) is 0 Å². The Kier molecular flexibility index (Phi) is 8.79. The summed E-state index contributed by atoms with van der Waals surface area (Å²) in [5, 5.41) is 6.77. The zero-order valence-electron chi connectivity index (χ0n) is 19.8. The molecule has 1 aromatic carbocycles. The molecular weight excluding hydrogens is 432 g/mol. The number of pyridine rings is 1. The van der Waals surface area contributed by atoms with Gasteiger partial charge in [0.2, 0.25) is 11.8 Å². The van der Waals surface area contributed by atoms with Crippen LogP contribution in [0.15, 0.2) is 54.9 Å². The van der Waals surface area contributed by atoms with Crippen LogP contribution in [-0.4, -0.2) is 40.9 Å². The fraction of sp³-hybridized carbons (Fsp3) is 0.385. The summed E-state index contributed by atoms with van der Waals surface area (Å²) in [6, 6.07) is 12.5. The largest absolute Gasteiger partial charge is 0.469 e. The number of nitrogens with zero attached hydrogens (tertiary/aromatic N) is 1. The summed E-state index contributed by atoms with van der Waals surface area (Å²) in [5.74, 6) is -1.48. The van der Waals surface area contributed by atoms with E-state index in [1.165, 1.54) is 7.11 Å². The molecule has 0 spiro atoms. The molecular formula is C26H32N4O4. The second-order valence-electron chi connectivity index (χ2n) is 8.77. The molecule has 2 aromatic heterocycles. The van der Waals surface area contributed by atoms with Crippen molar-refractivity contribution in [2.45, 2.75) is 45.7 Å². The van der Waals surface area contributed by atoms with E-state index in [9.17, 15) is 14.4 Å². The first kappa shape index (κ1) is 25.0. The first-order valence-electron chi connectivity index (χ1n) is 11.5. The Labute approximate surface area is 199 Å². The molecule has 0 saturated heterocycles. The van der Waals surface area contributed by atoms with Crippen LogP contribution in [0.25, 0.3) is 10.9 Å². The third-order valence-electron chi connectivity index (χ3n) is 5.67. The smallest absolute Gasteiger partial charge is 0.306 e. The molecule has 2 atom stereocenters. The summed E-state index contributed by atoms with van der Waals surface area (Å²) < 4.78 is 4.78. The van der Waals surface area contributed by atoms with E-state index in [1.807, 2.05) is 62.5 Å². The molecule has 2 amide bonds. The van der Waals surface area contributed by atoms with Gasteiger partial charge in [-0.3, -0.25) is 19.4 Å². The molecule has 0 aliphatic rings. The number of H-pyrrole nitrogens is 1. The SMILES string of the molecule is COC(=O)C[C@@H](CC(C)C)C(=O)N[C@@H](Cc1c[nH]c2ccccc12)C(=O)NCc1ccccn1. The molecule has 0 aliphatic carbocycles. The molecule has 0 unspecified atom stereocenters. The van der Waals surface area contributed by atoms with Crippen LogP contribution in [0, 0.1) is 11.8 Å². The number of aromatic amines is 1. The number of hydrogen-bond donors (Lipinski definition) is 3. The maximum absolute atomic E-state index is 13.2. The average Bonchev–Trinajstić information content (AvgIpc) is 3.24. The number of methoxy groups -OCH3 is 1. The number of benzene rings is 1. The number of nitrogens with one attached hydrogen (secondary N) is 3. The zero-order chi connectivity index (χ0) is 24.5. The Morgan fingerprint density at radius 1 is 1.06 bits per heavy atom. The second kappa shape index (κ2) is 12.0. The van der Waals surface area contributed by atoms with E-state index in [0.717, 1.165) is 22.2 Å². The van der Waals surface area contributed by atoms with Gasteiger partial charge < -0.3 is 20.4 Å². The molecule has 34 heavy (non-hydrogen) atoms. The van der Waals surface area contributed by atoms with Gasteiger partial charge >= 0.3 is 5.97 Å². The number of carbonyl (C=O) groups excluding carboxylic acids is 3. The van der Waals surface area contributed by atoms with E-state index in [1.54, 1.807) is 6.20 Å². The fourth-order valence-corrected chi connectivity index (χ4v) is 3.96. The number of carbonyl (C=O) groups is 3. The molecule has 0 aliphatic heterocycles. The lowest BCUT2D eigenvalue weighted by Crippen LogP contribution is -2.50. The van der Waals surface area contributed by atoms with Gasteiger partial charge in [0.25, 0.3) is 0 Å². The van der Waals surface area contributed by atoms with Crippen molar-refractivity contribution in [3.8, 4) is 0 Å². The molecule has 8 nitrogen and oxygen atoms in total. The molecule has 0 bridgehead atoms. The van der Waals surface area contributed by atoms with Crippen LogP contribution >= 0.6 is 0 Å². The minimum atomic E-state index is -0.817. The number of ether oxygens (including phenoxy) is 1. The van der Waals surface area contributed by atoms with Gasteiger partial charge in [-0.25, -0.2) is 0 Å². The van der Waals surface area contributed by atoms with Crippen molar-refractivity contribution < 1.29 is 19.1 Å². The van der Waals surface area contributed by atoms with Gasteiger partial charge in [-0.15, -0.1) is 0 Å². The Morgan fingerprint density at radius 2 is 1.82 bits per heavy atom. The lowest BCUT2D eigenvalue weighted by Gasteiger charge is -2.23. The van der Waals surface area contributed by atoms with Crippen LogP contribution < -0.4 is 10.6 Å². The summed E-state index contributed by atoms with van der Waals surface area (Å²) in [4.78, 5) is 45.7. The van der Waals surface area contributed by atoms with E-state index >= 15 is 0 Å². The lowest BCUT2D eigenvalue weighted by atomic mass is 9.92. The quantitative estimate of drug-likeness (QED) is 0.377. The number of amides is 2. The number of esters is 1. The number of aromatic nitrogens is 2. The molecule has 0 radical (unpaired) electrons. The van der Waals surface area contributed by atoms with Gasteiger partial charge in [-0.1, -0.05) is 38.1 Å². The number of hydrogen-bond acceptors (Lipinski definition) is 5. The highest BCUT2D eigenvalue weighted by molar-refractivity contribution is 5.91. The minimum absolute atomic E-state index is 0.0319. The standard InChI is InChI=1S/C26H32N4O4/c1-17(2)12-18(14-24(31)34-3)25(32)30-23(26(33)29-16-20-8-6-7-11-27-20)13-19-15-28-22-10-5-4-9-21(19)22/h4-11,15,17-18,23,28H,12-14,16H2,1-3H3,(H,29,33)(H,30,32)/t18-,23+/m1/s1. The predicted molar refractivity (Wildman–Crippen MR) is 130 cm³/mol. The van der Waals surface area contributed by atoms with Gasteiger partial charge in [-0.2, -0.15) is 0 Å². The highest BCUT2D eigenvalue weighted by Gasteiger charge is 2.29. The summed E-state index contributed by atoms with van der Waals surface area (Å²) in [6.07, 6.45) is 4.30. The first-order chi connectivity index (χ1) is 16.4. The molecule has 0 fully saturated rings. The highest BCUT2D eigenvalue weighted by Crippen LogP contribution is 2.21. The van der Waals surface area contributed by atoms with Crippen molar-refractivity contribution in [3.05, 3.63) is 66.1 Å². The van der Waals surface area contributed by atoms with Crippen molar-refractivity contribution in [1.29, 1.82) is 0 Å². The van der Waals surface area contributed by atoms with Gasteiger partial charge in [-0.05, 0) is 36.1 Å². The third kappa shape index (κ3) is 6.91. The average molecular weight is 465 g/mol. The summed E-state index contributed by atoms with van der Waals surface area (Å²) in [7, 11) is 1.30. The Bertz CT molecular complexity index is 1110. The monoisotopic (exact) mass is 464 g/mol. The van der Waals surface area contributed by atoms with Crippen LogP contribution in [0.4, 0.5) is 0 Å². The molecule has 0 saturated carbocycles. The molecule has 3 aromatic rings. The summed E-state index contributed by atoms with van der Waals surface area (Å²) in [5.41, 5.74) is 2.60. The van der Waals surface area contributed by atoms with E-state index in [-0.39, 0.29) is 30.7 Å². The number of fused-ring (bicyclic) bond motifs is 1. The van der Waals surface area contributed by atoms with Gasteiger partial charge in [0, 0.05) is 35.6 Å². The lowest BCUT2D eigenvalue weighted by molar-refractivity contribution is -0.144. The highest BCUT2D eigenvalue weighted by atomic mass is 16.5. The number of rotatable bonds is 11. The van der Waals surface area contributed by atoms with Crippen molar-refractivity contribution in [2.24, 2.45) is 11.8 Å². The third-order valence-corrected chi connectivity index (χ3v) is 5.67. The maximum Gasteiger partial charge on any atom is 0.306 e. The summed E-state index contributed by atoms with van der Waals surface area (Å²) in [6.45, 7) is 4.22. The van der Waals surface area contributed by atoms with Crippen molar-refractivity contribution in [3.63, 3.8) is 0 Å². The minimum Gasteiger partial charge on any atom is -0.469 e. The van der Waals surface area contributed by atoms with Crippen molar-refractivity contribution in [2.75, 3.05) is 7.11 Å². The molecule has 2 heterocycles. The summed E-state index contributed by atoms with van der Waals surface area (Å²) >= 11 is 0. The maximum atomic E-state index is 13.2. The zero-order valence-corrected chi connectivity index (χ0v) is 19.8. The normalized spacial score (nSPS) is 12.8. The molecule has 8 heteroatoms. The van der Waals surface area contributed by atoms with Gasteiger partial charge in [0.05, 0.1) is 25.8 Å². The van der Waals surface area contributed by atoms with Crippen molar-refractivity contribution >= 4 is 28.7 Å². The van der Waals surface area contributed by atoms with Crippen molar-refractivity contribution in [1.82, 2.24) is 20.6 Å². The van der Waals surface area contributed by atoms with E-state index in [2.05, 4.69) is 20.6 Å². The molecule has 180 valence electrons. The van der Waals surface area contributed by atoms with Crippen LogP contribution in [0.5, 0.6) is 0 Å². The first-order valence-corrected chi connectivity index (χ1v) is 11.5. The Morgan fingerprint density at radius 3 is 2.53 bits per heavy atom. The van der Waals surface area contributed by atoms with Crippen LogP contribution in [0.1, 0.15) is 37.9 Å². The van der Waals surface area contributed by atoms with Crippen LogP contribution in [0.2, 0.25) is 0 Å². The Hall–Kier alpha value is -3.68. The van der Waals surface area contributed by atoms with E-state index < -0.39 is 17.9 Å². The Balaban J connectivity index is 1.79. The fourth-order valence-electron chi connectivity index (χ4n) is 3.96. The molecule has 3 N–H and O–H groups in total. The van der Waals surface area contributed by atoms with E-state index in [0.29, 0.717) is 12.8 Å². The van der Waals surface area contributed by atoms with Gasteiger partial charge in [0.1, 0.15) is 6.04 Å². The number of para-hydroxylation sites is 1. The van der Waals surface area contributed by atoms with Gasteiger partial charge in [0.15, 0.2) is 0 Å². The van der Waals surface area contributed by atoms with E-state index in [4.69, 9.17) is 4.74 Å². The molecule has 3 rings (SSSR count). The van der Waals surface area contributed by atoms with Crippen LogP contribution in [-0.2, 0) is 32.1 Å². The topological polar surface area (TPSA) is 113 Å². The second-order valence-corrected chi connectivity index (χ2v) is 8.77.